The van der Waals surface area contributed by atoms with Gasteiger partial charge in [0.1, 0.15) is 12.2 Å². The van der Waals surface area contributed by atoms with E-state index in [-0.39, 0.29) is 5.88 Å². The maximum Gasteiger partial charge on any atom is 0.245 e. The summed E-state index contributed by atoms with van der Waals surface area (Å²) in [6.07, 6.45) is 1.43. The number of hydrogen-bond acceptors (Lipinski definition) is 4. The third-order valence-electron chi connectivity index (χ3n) is 2.97. The first kappa shape index (κ1) is 14.6. The van der Waals surface area contributed by atoms with Crippen molar-refractivity contribution in [3.63, 3.8) is 0 Å². The molecule has 108 valence electrons. The van der Waals surface area contributed by atoms with Crippen LogP contribution in [0.15, 0.2) is 29.0 Å². The van der Waals surface area contributed by atoms with Crippen LogP contribution in [0, 0.1) is 0 Å². The molecule has 1 aromatic carbocycles. The van der Waals surface area contributed by atoms with Crippen LogP contribution in [0.2, 0.25) is 5.02 Å². The number of imidazole rings is 1. The highest BCUT2D eigenvalue weighted by Crippen LogP contribution is 2.33. The highest BCUT2D eigenvalue weighted by Gasteiger charge is 2.19. The first-order valence-electron chi connectivity index (χ1n) is 5.94. The fraction of sp³-hybridized carbons (Fsp3) is 0.154. The zero-order valence-corrected chi connectivity index (χ0v) is 13.9. The highest BCUT2D eigenvalue weighted by atomic mass is 79.9. The molecule has 0 bridgehead atoms. The van der Waals surface area contributed by atoms with Crippen LogP contribution in [-0.2, 0) is 5.88 Å². The Balaban J connectivity index is 2.38. The average Bonchev–Trinajstić information content (AvgIpc) is 2.88. The minimum atomic E-state index is 0.221. The summed E-state index contributed by atoms with van der Waals surface area (Å²) in [6, 6.07) is 5.55. The summed E-state index contributed by atoms with van der Waals surface area (Å²) in [5.74, 6) is 1.26. The van der Waals surface area contributed by atoms with Crippen molar-refractivity contribution in [1.82, 2.24) is 19.5 Å². The normalized spacial score (nSPS) is 11.0. The van der Waals surface area contributed by atoms with Gasteiger partial charge in [0.25, 0.3) is 0 Å². The second-order valence-electron chi connectivity index (χ2n) is 4.13. The molecule has 0 fully saturated rings. The third-order valence-corrected chi connectivity index (χ3v) is 4.58. The number of methoxy groups -OCH3 is 1. The molecule has 5 nitrogen and oxygen atoms in total. The lowest BCUT2D eigenvalue weighted by Gasteiger charge is -2.10. The predicted octanol–water partition coefficient (Wildman–Crippen LogP) is 3.98. The molecule has 8 heteroatoms. The van der Waals surface area contributed by atoms with E-state index in [1.54, 1.807) is 6.07 Å². The standard InChI is InChI=1S/C13H9BrCl2N4O/c1-21-13-11-12(17-6-18-13)20(9(5-15)19-11)8-4-2-3-7(16)10(8)14/h2-4,6H,5H2,1H3. The van der Waals surface area contributed by atoms with Gasteiger partial charge in [-0.2, -0.15) is 4.98 Å². The molecule has 0 N–H and O–H groups in total. The van der Waals surface area contributed by atoms with Crippen LogP contribution in [-0.4, -0.2) is 26.6 Å². The van der Waals surface area contributed by atoms with E-state index in [0.29, 0.717) is 27.9 Å². The second-order valence-corrected chi connectivity index (χ2v) is 5.59. The van der Waals surface area contributed by atoms with E-state index >= 15 is 0 Å². The van der Waals surface area contributed by atoms with Gasteiger partial charge in [0.2, 0.25) is 5.88 Å². The Bertz CT molecular complexity index is 821. The summed E-state index contributed by atoms with van der Waals surface area (Å²) in [5, 5.41) is 0.593. The molecule has 0 saturated heterocycles. The number of nitrogens with zero attached hydrogens (tertiary/aromatic N) is 4. The van der Waals surface area contributed by atoms with Crippen molar-refractivity contribution >= 4 is 50.3 Å². The van der Waals surface area contributed by atoms with Crippen LogP contribution < -0.4 is 4.74 Å². The lowest BCUT2D eigenvalue weighted by atomic mass is 10.3. The Morgan fingerprint density at radius 2 is 2.14 bits per heavy atom. The highest BCUT2D eigenvalue weighted by molar-refractivity contribution is 9.10. The van der Waals surface area contributed by atoms with Crippen molar-refractivity contribution in [3.05, 3.63) is 39.8 Å². The first-order valence-corrected chi connectivity index (χ1v) is 7.64. The minimum absolute atomic E-state index is 0.221. The van der Waals surface area contributed by atoms with Crippen molar-refractivity contribution in [1.29, 1.82) is 0 Å². The largest absolute Gasteiger partial charge is 0.479 e. The zero-order valence-electron chi connectivity index (χ0n) is 10.8. The lowest BCUT2D eigenvalue weighted by molar-refractivity contribution is 0.401. The molecule has 3 aromatic rings. The van der Waals surface area contributed by atoms with E-state index in [9.17, 15) is 0 Å². The summed E-state index contributed by atoms with van der Waals surface area (Å²) in [4.78, 5) is 12.8. The fourth-order valence-corrected chi connectivity index (χ4v) is 2.86. The van der Waals surface area contributed by atoms with Crippen molar-refractivity contribution < 1.29 is 4.74 Å². The number of benzene rings is 1. The van der Waals surface area contributed by atoms with Gasteiger partial charge in [-0.15, -0.1) is 11.6 Å². The first-order chi connectivity index (χ1) is 10.2. The molecule has 2 heterocycles. The number of aromatic nitrogens is 4. The van der Waals surface area contributed by atoms with Gasteiger partial charge in [0.05, 0.1) is 28.2 Å². The summed E-state index contributed by atoms with van der Waals surface area (Å²) < 4.78 is 7.80. The molecule has 0 radical (unpaired) electrons. The molecular weight excluding hydrogens is 379 g/mol. The minimum Gasteiger partial charge on any atom is -0.479 e. The van der Waals surface area contributed by atoms with Crippen LogP contribution >= 0.6 is 39.1 Å². The van der Waals surface area contributed by atoms with Crippen molar-refractivity contribution in [2.75, 3.05) is 7.11 Å². The van der Waals surface area contributed by atoms with Crippen LogP contribution in [0.3, 0.4) is 0 Å². The number of rotatable bonds is 3. The topological polar surface area (TPSA) is 52.8 Å². The number of halogens is 3. The Morgan fingerprint density at radius 1 is 1.33 bits per heavy atom. The van der Waals surface area contributed by atoms with Gasteiger partial charge < -0.3 is 4.74 Å². The Hall–Kier alpha value is -1.37. The van der Waals surface area contributed by atoms with E-state index in [0.717, 1.165) is 10.2 Å². The van der Waals surface area contributed by atoms with Gasteiger partial charge in [-0.1, -0.05) is 17.7 Å². The van der Waals surface area contributed by atoms with E-state index in [1.165, 1.54) is 13.4 Å². The Morgan fingerprint density at radius 3 is 2.86 bits per heavy atom. The van der Waals surface area contributed by atoms with Gasteiger partial charge in [-0.05, 0) is 28.1 Å². The molecule has 3 rings (SSSR count). The summed E-state index contributed by atoms with van der Waals surface area (Å²) >= 11 is 15.7. The van der Waals surface area contributed by atoms with E-state index in [4.69, 9.17) is 27.9 Å². The maximum atomic E-state index is 6.16. The quantitative estimate of drug-likeness (QED) is 0.638. The number of fused-ring (bicyclic) bond motifs is 1. The van der Waals surface area contributed by atoms with E-state index < -0.39 is 0 Å². The van der Waals surface area contributed by atoms with Crippen LogP contribution in [0.1, 0.15) is 5.82 Å². The maximum absolute atomic E-state index is 6.16. The van der Waals surface area contributed by atoms with Gasteiger partial charge in [-0.3, -0.25) is 4.57 Å². The molecule has 0 aliphatic heterocycles. The van der Waals surface area contributed by atoms with Crippen LogP contribution in [0.25, 0.3) is 16.9 Å². The molecule has 21 heavy (non-hydrogen) atoms. The van der Waals surface area contributed by atoms with Crippen LogP contribution in [0.4, 0.5) is 0 Å². The molecule has 0 unspecified atom stereocenters. The van der Waals surface area contributed by atoms with E-state index in [1.807, 2.05) is 16.7 Å². The zero-order chi connectivity index (χ0) is 15.0. The van der Waals surface area contributed by atoms with Gasteiger partial charge in [0, 0.05) is 0 Å². The van der Waals surface area contributed by atoms with Gasteiger partial charge in [-0.25, -0.2) is 9.97 Å². The third kappa shape index (κ3) is 2.37. The molecule has 0 aliphatic rings. The Labute approximate surface area is 139 Å². The molecule has 0 atom stereocenters. The van der Waals surface area contributed by atoms with Crippen molar-refractivity contribution in [3.8, 4) is 11.6 Å². The smallest absolute Gasteiger partial charge is 0.245 e. The fourth-order valence-electron chi connectivity index (χ4n) is 2.07. The average molecular weight is 388 g/mol. The summed E-state index contributed by atoms with van der Waals surface area (Å²) in [7, 11) is 1.54. The summed E-state index contributed by atoms with van der Waals surface area (Å²) in [6.45, 7) is 0. The molecule has 0 spiro atoms. The molecule has 0 amide bonds. The van der Waals surface area contributed by atoms with Gasteiger partial charge in [0.15, 0.2) is 11.2 Å². The van der Waals surface area contributed by atoms with Gasteiger partial charge >= 0.3 is 0 Å². The van der Waals surface area contributed by atoms with E-state index in [2.05, 4.69) is 30.9 Å². The Kier molecular flexibility index (Phi) is 4.01. The SMILES string of the molecule is COc1ncnc2c1nc(CCl)n2-c1cccc(Cl)c1Br. The molecule has 0 aliphatic carbocycles. The molecule has 2 aromatic heterocycles. The summed E-state index contributed by atoms with van der Waals surface area (Å²) in [5.41, 5.74) is 1.98. The lowest BCUT2D eigenvalue weighted by Crippen LogP contribution is -2.01. The monoisotopic (exact) mass is 386 g/mol. The number of ether oxygens (including phenoxy) is 1. The van der Waals surface area contributed by atoms with Crippen molar-refractivity contribution in [2.24, 2.45) is 0 Å². The van der Waals surface area contributed by atoms with Crippen molar-refractivity contribution in [2.45, 2.75) is 5.88 Å². The second kappa shape index (κ2) is 5.79. The van der Waals surface area contributed by atoms with Crippen LogP contribution in [0.5, 0.6) is 5.88 Å². The number of hydrogen-bond donors (Lipinski definition) is 0. The predicted molar refractivity (Wildman–Crippen MR) is 85.5 cm³/mol. The molecular formula is C13H9BrCl2N4O. The molecule has 0 saturated carbocycles. The number of alkyl halides is 1.